The molecule has 4 aromatic rings. The van der Waals surface area contributed by atoms with Crippen LogP contribution < -0.4 is 25.7 Å². The number of nitrogens with one attached hydrogen (secondary N) is 2. The van der Waals surface area contributed by atoms with Crippen molar-refractivity contribution in [3.05, 3.63) is 82.3 Å². The third kappa shape index (κ3) is 7.67. The number of aryl methyl sites for hydroxylation is 2. The number of benzene rings is 2. The molecule has 11 nitrogen and oxygen atoms in total. The Hall–Kier alpha value is -4.45. The lowest BCUT2D eigenvalue weighted by Gasteiger charge is -2.35. The summed E-state index contributed by atoms with van der Waals surface area (Å²) >= 11 is 6.74. The van der Waals surface area contributed by atoms with E-state index in [0.29, 0.717) is 76.5 Å². The van der Waals surface area contributed by atoms with Gasteiger partial charge in [-0.3, -0.25) is 19.1 Å². The highest BCUT2D eigenvalue weighted by Gasteiger charge is 2.25. The highest BCUT2D eigenvalue weighted by atomic mass is 35.5. The summed E-state index contributed by atoms with van der Waals surface area (Å²) in [5.74, 6) is 1.04. The lowest BCUT2D eigenvalue weighted by molar-refractivity contribution is -0.111. The van der Waals surface area contributed by atoms with Gasteiger partial charge in [0.2, 0.25) is 11.9 Å². The Bertz CT molecular complexity index is 1780. The molecule has 46 heavy (non-hydrogen) atoms. The molecule has 0 aliphatic carbocycles. The predicted molar refractivity (Wildman–Crippen MR) is 181 cm³/mol. The van der Waals surface area contributed by atoms with Gasteiger partial charge < -0.3 is 24.8 Å². The van der Waals surface area contributed by atoms with E-state index < -0.39 is 0 Å². The maximum absolute atomic E-state index is 14.3. The lowest BCUT2D eigenvalue weighted by atomic mass is 10.0. The van der Waals surface area contributed by atoms with E-state index in [-0.39, 0.29) is 17.0 Å². The molecule has 5 rings (SSSR count). The number of hydrogen-bond donors (Lipinski definition) is 2. The maximum atomic E-state index is 14.3. The minimum atomic E-state index is -0.344. The lowest BCUT2D eigenvalue weighted by Crippen LogP contribution is -2.48. The summed E-state index contributed by atoms with van der Waals surface area (Å²) in [6, 6.07) is 12.6. The van der Waals surface area contributed by atoms with Crippen LogP contribution in [0.3, 0.4) is 0 Å². The molecule has 2 aromatic heterocycles. The molecule has 0 spiro atoms. The van der Waals surface area contributed by atoms with E-state index in [4.69, 9.17) is 30.8 Å². The molecular weight excluding hydrogens is 608 g/mol. The highest BCUT2D eigenvalue weighted by Crippen LogP contribution is 2.38. The second kappa shape index (κ2) is 14.3. The van der Waals surface area contributed by atoms with Gasteiger partial charge in [0.1, 0.15) is 17.1 Å². The van der Waals surface area contributed by atoms with Crippen molar-refractivity contribution in [2.45, 2.75) is 32.4 Å². The molecule has 0 unspecified atom stereocenters. The number of halogens is 1. The number of methoxy groups -OCH3 is 2. The summed E-state index contributed by atoms with van der Waals surface area (Å²) in [7, 11) is 3.06. The van der Waals surface area contributed by atoms with E-state index in [9.17, 15) is 9.59 Å². The van der Waals surface area contributed by atoms with Crippen molar-refractivity contribution < 1.29 is 19.0 Å². The first-order valence-electron chi connectivity index (χ1n) is 15.0. The molecule has 2 N–H and O–H groups in total. The largest absolute Gasteiger partial charge is 0.497 e. The standard InChI is InChI=1S/C34H39ClN6O5/c1-6-29(42)37-24-9-7-22(8-10-24)11-12-41-31-23(17-27(32(41)43)26-18-25(44-4)19-28(45-5)30(26)35)20-36-33(38-31)39-34(2,3)21-40-13-15-46-16-14-40/h6-10,17-20H,1,11-16,21H2,2-5H3,(H,37,42)(H,36,38,39). The number of ether oxygens (including phenoxy) is 3. The number of aromatic nitrogens is 3. The fraction of sp³-hybridized carbons (Fsp3) is 0.353. The number of fused-ring (bicyclic) bond motifs is 1. The zero-order chi connectivity index (χ0) is 32.8. The molecule has 1 fully saturated rings. The van der Waals surface area contributed by atoms with Crippen molar-refractivity contribution in [2.24, 2.45) is 0 Å². The van der Waals surface area contributed by atoms with Crippen LogP contribution in [0.2, 0.25) is 5.02 Å². The van der Waals surface area contributed by atoms with Gasteiger partial charge in [-0.25, -0.2) is 4.98 Å². The van der Waals surface area contributed by atoms with Gasteiger partial charge >= 0.3 is 0 Å². The first kappa shape index (κ1) is 32.9. The van der Waals surface area contributed by atoms with Crippen LogP contribution >= 0.6 is 11.6 Å². The number of anilines is 2. The summed E-state index contributed by atoms with van der Waals surface area (Å²) < 4.78 is 18.1. The zero-order valence-corrected chi connectivity index (χ0v) is 27.3. The number of carbonyl (C=O) groups is 1. The Balaban J connectivity index is 1.54. The van der Waals surface area contributed by atoms with Crippen LogP contribution in [0.25, 0.3) is 22.2 Å². The third-order valence-electron chi connectivity index (χ3n) is 7.79. The number of hydrogen-bond acceptors (Lipinski definition) is 9. The Kier molecular flexibility index (Phi) is 10.3. The molecule has 0 saturated carbocycles. The second-order valence-electron chi connectivity index (χ2n) is 11.7. The fourth-order valence-electron chi connectivity index (χ4n) is 5.50. The molecule has 1 amide bonds. The van der Waals surface area contributed by atoms with Gasteiger partial charge in [-0.15, -0.1) is 0 Å². The molecule has 0 bridgehead atoms. The van der Waals surface area contributed by atoms with E-state index in [1.54, 1.807) is 36.1 Å². The Morgan fingerprint density at radius 3 is 2.52 bits per heavy atom. The van der Waals surface area contributed by atoms with Crippen molar-refractivity contribution >= 4 is 40.2 Å². The normalized spacial score (nSPS) is 13.8. The van der Waals surface area contributed by atoms with Gasteiger partial charge in [0, 0.05) is 66.2 Å². The van der Waals surface area contributed by atoms with Gasteiger partial charge in [-0.05, 0) is 56.2 Å². The number of carbonyl (C=O) groups excluding carboxylic acids is 1. The fourth-order valence-corrected chi connectivity index (χ4v) is 5.79. The molecule has 1 aliphatic rings. The SMILES string of the molecule is C=CC(=O)Nc1ccc(CCn2c(=O)c(-c3cc(OC)cc(OC)c3Cl)cc3cnc(NC(C)(C)CN4CCOCC4)nc32)cc1. The van der Waals surface area contributed by atoms with Crippen molar-refractivity contribution in [1.29, 1.82) is 0 Å². The number of pyridine rings is 1. The van der Waals surface area contributed by atoms with Crippen LogP contribution in [0.5, 0.6) is 11.5 Å². The summed E-state index contributed by atoms with van der Waals surface area (Å²) in [5.41, 5.74) is 2.36. The number of amides is 1. The zero-order valence-electron chi connectivity index (χ0n) is 26.6. The summed E-state index contributed by atoms with van der Waals surface area (Å²) in [6.07, 6.45) is 3.47. The average molecular weight is 647 g/mol. The molecular formula is C34H39ClN6O5. The number of nitrogens with zero attached hydrogens (tertiary/aromatic N) is 4. The Labute approximate surface area is 273 Å². The second-order valence-corrected chi connectivity index (χ2v) is 12.1. The maximum Gasteiger partial charge on any atom is 0.260 e. The van der Waals surface area contributed by atoms with E-state index in [0.717, 1.165) is 25.2 Å². The summed E-state index contributed by atoms with van der Waals surface area (Å²) in [5, 5.41) is 7.19. The number of rotatable bonds is 12. The van der Waals surface area contributed by atoms with Crippen LogP contribution in [0.15, 0.2) is 66.1 Å². The van der Waals surface area contributed by atoms with Crippen molar-refractivity contribution in [3.8, 4) is 22.6 Å². The smallest absolute Gasteiger partial charge is 0.260 e. The van der Waals surface area contributed by atoms with Gasteiger partial charge in [-0.2, -0.15) is 4.98 Å². The molecule has 0 atom stereocenters. The first-order chi connectivity index (χ1) is 22.1. The average Bonchev–Trinajstić information content (AvgIpc) is 3.05. The van der Waals surface area contributed by atoms with Gasteiger partial charge in [0.05, 0.1) is 32.5 Å². The molecule has 12 heteroatoms. The van der Waals surface area contributed by atoms with Crippen LogP contribution in [0.1, 0.15) is 19.4 Å². The predicted octanol–water partition coefficient (Wildman–Crippen LogP) is 5.02. The monoisotopic (exact) mass is 646 g/mol. The van der Waals surface area contributed by atoms with Gasteiger partial charge in [-0.1, -0.05) is 30.3 Å². The topological polar surface area (TPSA) is 120 Å². The highest BCUT2D eigenvalue weighted by molar-refractivity contribution is 6.35. The van der Waals surface area contributed by atoms with Crippen LogP contribution in [-0.4, -0.2) is 77.9 Å². The van der Waals surface area contributed by atoms with Crippen molar-refractivity contribution in [2.75, 3.05) is 57.7 Å². The van der Waals surface area contributed by atoms with Crippen LogP contribution in [-0.2, 0) is 22.5 Å². The third-order valence-corrected chi connectivity index (χ3v) is 8.18. The molecule has 1 saturated heterocycles. The summed E-state index contributed by atoms with van der Waals surface area (Å²) in [6.45, 7) is 12.0. The van der Waals surface area contributed by atoms with Crippen molar-refractivity contribution in [3.63, 3.8) is 0 Å². The van der Waals surface area contributed by atoms with Crippen LogP contribution in [0.4, 0.5) is 11.6 Å². The Morgan fingerprint density at radius 1 is 1.11 bits per heavy atom. The number of morpholine rings is 1. The van der Waals surface area contributed by atoms with Crippen LogP contribution in [0, 0.1) is 0 Å². The molecule has 242 valence electrons. The minimum absolute atomic E-state index is 0.267. The summed E-state index contributed by atoms with van der Waals surface area (Å²) in [4.78, 5) is 37.8. The minimum Gasteiger partial charge on any atom is -0.497 e. The molecule has 1 aliphatic heterocycles. The van der Waals surface area contributed by atoms with E-state index in [2.05, 4.69) is 40.9 Å². The van der Waals surface area contributed by atoms with Gasteiger partial charge in [0.15, 0.2) is 0 Å². The van der Waals surface area contributed by atoms with Crippen molar-refractivity contribution in [1.82, 2.24) is 19.4 Å². The van der Waals surface area contributed by atoms with E-state index in [1.165, 1.54) is 13.2 Å². The van der Waals surface area contributed by atoms with Gasteiger partial charge in [0.25, 0.3) is 5.56 Å². The van der Waals surface area contributed by atoms with E-state index in [1.807, 2.05) is 24.3 Å². The molecule has 0 radical (unpaired) electrons. The quantitative estimate of drug-likeness (QED) is 0.205. The van der Waals surface area contributed by atoms with E-state index >= 15 is 0 Å². The Morgan fingerprint density at radius 2 is 1.85 bits per heavy atom. The molecule has 3 heterocycles. The first-order valence-corrected chi connectivity index (χ1v) is 15.4. The molecule has 2 aromatic carbocycles.